The number of fused-ring (bicyclic) bond motifs is 1. The van der Waals surface area contributed by atoms with Crippen LogP contribution in [0.4, 0.5) is 4.39 Å². The van der Waals surface area contributed by atoms with Gasteiger partial charge in [0.15, 0.2) is 0 Å². The molecule has 0 radical (unpaired) electrons. The maximum Gasteiger partial charge on any atom is 0.342 e. The van der Waals surface area contributed by atoms with E-state index >= 15 is 0 Å². The molecule has 106 valence electrons. The van der Waals surface area contributed by atoms with Crippen LogP contribution in [-0.2, 0) is 5.60 Å². The monoisotopic (exact) mass is 284 g/mol. The molecule has 0 aliphatic carbocycles. The molecular formula is C17H13FO3. The summed E-state index contributed by atoms with van der Waals surface area (Å²) in [5, 5.41) is 11.4. The molecule has 0 saturated carbocycles. The Bertz CT molecular complexity index is 848. The maximum absolute atomic E-state index is 13.0. The first-order valence-corrected chi connectivity index (χ1v) is 6.50. The van der Waals surface area contributed by atoms with Gasteiger partial charge < -0.3 is 9.52 Å². The standard InChI is InChI=1S/C17H13FO3/c1-17(20,12-6-8-13(18)9-7-12)14-10-11-4-2-3-5-15(11)21-16(14)19/h2-10,20H,1H3. The highest BCUT2D eigenvalue weighted by Crippen LogP contribution is 2.28. The highest BCUT2D eigenvalue weighted by Gasteiger charge is 2.29. The lowest BCUT2D eigenvalue weighted by molar-refractivity contribution is 0.0984. The van der Waals surface area contributed by atoms with Crippen molar-refractivity contribution in [3.63, 3.8) is 0 Å². The molecule has 1 unspecified atom stereocenters. The Morgan fingerprint density at radius 2 is 1.76 bits per heavy atom. The van der Waals surface area contributed by atoms with Crippen molar-refractivity contribution in [1.82, 2.24) is 0 Å². The molecule has 0 fully saturated rings. The van der Waals surface area contributed by atoms with Gasteiger partial charge in [-0.25, -0.2) is 9.18 Å². The van der Waals surface area contributed by atoms with E-state index < -0.39 is 17.0 Å². The van der Waals surface area contributed by atoms with E-state index in [1.807, 2.05) is 6.07 Å². The third-order valence-electron chi connectivity index (χ3n) is 3.57. The van der Waals surface area contributed by atoms with Crippen LogP contribution in [0.5, 0.6) is 0 Å². The molecule has 0 bridgehead atoms. The number of aliphatic hydroxyl groups is 1. The Hall–Kier alpha value is -2.46. The van der Waals surface area contributed by atoms with Crippen LogP contribution in [-0.4, -0.2) is 5.11 Å². The quantitative estimate of drug-likeness (QED) is 0.735. The molecule has 0 aliphatic rings. The highest BCUT2D eigenvalue weighted by atomic mass is 19.1. The largest absolute Gasteiger partial charge is 0.422 e. The van der Waals surface area contributed by atoms with E-state index in [1.54, 1.807) is 24.3 Å². The van der Waals surface area contributed by atoms with Gasteiger partial charge in [-0.2, -0.15) is 0 Å². The van der Waals surface area contributed by atoms with Crippen molar-refractivity contribution in [3.05, 3.63) is 82.0 Å². The predicted octanol–water partition coefficient (Wildman–Crippen LogP) is 3.19. The number of halogens is 1. The molecule has 21 heavy (non-hydrogen) atoms. The molecule has 1 N–H and O–H groups in total. The topological polar surface area (TPSA) is 50.4 Å². The first-order valence-electron chi connectivity index (χ1n) is 6.50. The summed E-state index contributed by atoms with van der Waals surface area (Å²) in [5.74, 6) is -0.403. The van der Waals surface area contributed by atoms with Crippen LogP contribution in [0.3, 0.4) is 0 Å². The average Bonchev–Trinajstić information content (AvgIpc) is 2.47. The van der Waals surface area contributed by atoms with Gasteiger partial charge in [0.2, 0.25) is 0 Å². The molecule has 0 amide bonds. The third-order valence-corrected chi connectivity index (χ3v) is 3.57. The van der Waals surface area contributed by atoms with Crippen LogP contribution in [0.2, 0.25) is 0 Å². The Kier molecular flexibility index (Phi) is 3.11. The number of hydrogen-bond donors (Lipinski definition) is 1. The van der Waals surface area contributed by atoms with Gasteiger partial charge in [0, 0.05) is 5.39 Å². The predicted molar refractivity (Wildman–Crippen MR) is 77.6 cm³/mol. The number of benzene rings is 2. The molecular weight excluding hydrogens is 271 g/mol. The summed E-state index contributed by atoms with van der Waals surface area (Å²) in [5.41, 5.74) is -1.17. The molecule has 1 atom stereocenters. The Balaban J connectivity index is 2.20. The van der Waals surface area contributed by atoms with Crippen molar-refractivity contribution >= 4 is 11.0 Å². The average molecular weight is 284 g/mol. The minimum Gasteiger partial charge on any atom is -0.422 e. The van der Waals surface area contributed by atoms with Crippen LogP contribution >= 0.6 is 0 Å². The van der Waals surface area contributed by atoms with Gasteiger partial charge in [0.1, 0.15) is 17.0 Å². The van der Waals surface area contributed by atoms with Crippen molar-refractivity contribution in [2.45, 2.75) is 12.5 Å². The SMILES string of the molecule is CC(O)(c1ccc(F)cc1)c1cc2ccccc2oc1=O. The summed E-state index contributed by atoms with van der Waals surface area (Å²) in [6, 6.07) is 14.1. The van der Waals surface area contributed by atoms with E-state index in [0.29, 0.717) is 11.1 Å². The lowest BCUT2D eigenvalue weighted by atomic mass is 9.89. The summed E-state index contributed by atoms with van der Waals surface area (Å²) in [7, 11) is 0. The van der Waals surface area contributed by atoms with Gasteiger partial charge in [-0.15, -0.1) is 0 Å². The van der Waals surface area contributed by atoms with Crippen molar-refractivity contribution in [2.24, 2.45) is 0 Å². The molecule has 3 nitrogen and oxygen atoms in total. The zero-order valence-electron chi connectivity index (χ0n) is 11.3. The second-order valence-electron chi connectivity index (χ2n) is 5.06. The molecule has 0 saturated heterocycles. The van der Waals surface area contributed by atoms with Gasteiger partial charge in [0.05, 0.1) is 5.56 Å². The zero-order chi connectivity index (χ0) is 15.0. The van der Waals surface area contributed by atoms with Crippen molar-refractivity contribution in [3.8, 4) is 0 Å². The minimum absolute atomic E-state index is 0.118. The summed E-state index contributed by atoms with van der Waals surface area (Å²) >= 11 is 0. The number of hydrogen-bond acceptors (Lipinski definition) is 3. The molecule has 3 rings (SSSR count). The lowest BCUT2D eigenvalue weighted by Crippen LogP contribution is -2.29. The van der Waals surface area contributed by atoms with Crippen molar-refractivity contribution in [2.75, 3.05) is 0 Å². The lowest BCUT2D eigenvalue weighted by Gasteiger charge is -2.23. The normalized spacial score (nSPS) is 14.0. The van der Waals surface area contributed by atoms with E-state index in [-0.39, 0.29) is 5.56 Å². The Morgan fingerprint density at radius 3 is 2.48 bits per heavy atom. The maximum atomic E-state index is 13.0. The highest BCUT2D eigenvalue weighted by molar-refractivity contribution is 5.77. The number of para-hydroxylation sites is 1. The fourth-order valence-electron chi connectivity index (χ4n) is 2.33. The first kappa shape index (κ1) is 13.5. The second-order valence-corrected chi connectivity index (χ2v) is 5.06. The van der Waals surface area contributed by atoms with Gasteiger partial charge in [-0.05, 0) is 36.8 Å². The van der Waals surface area contributed by atoms with Crippen LogP contribution < -0.4 is 5.63 Å². The van der Waals surface area contributed by atoms with E-state index in [0.717, 1.165) is 5.39 Å². The molecule has 2 aromatic carbocycles. The van der Waals surface area contributed by atoms with Crippen LogP contribution in [0, 0.1) is 5.82 Å². The van der Waals surface area contributed by atoms with Gasteiger partial charge in [-0.1, -0.05) is 30.3 Å². The zero-order valence-corrected chi connectivity index (χ0v) is 11.3. The summed E-state index contributed by atoms with van der Waals surface area (Å²) in [6.07, 6.45) is 0. The first-order chi connectivity index (χ1) is 9.98. The fraction of sp³-hybridized carbons (Fsp3) is 0.118. The molecule has 4 heteroatoms. The third kappa shape index (κ3) is 2.34. The summed E-state index contributed by atoms with van der Waals surface area (Å²) in [6.45, 7) is 1.49. The summed E-state index contributed by atoms with van der Waals surface area (Å²) in [4.78, 5) is 12.1. The van der Waals surface area contributed by atoms with Gasteiger partial charge in [0.25, 0.3) is 0 Å². The molecule has 1 aromatic heterocycles. The number of rotatable bonds is 2. The van der Waals surface area contributed by atoms with Crippen molar-refractivity contribution in [1.29, 1.82) is 0 Å². The van der Waals surface area contributed by atoms with Crippen LogP contribution in [0.15, 0.2) is 63.8 Å². The van der Waals surface area contributed by atoms with E-state index in [9.17, 15) is 14.3 Å². The molecule has 0 spiro atoms. The minimum atomic E-state index is -1.56. The second kappa shape index (κ2) is 4.82. The molecule has 0 aliphatic heterocycles. The van der Waals surface area contributed by atoms with E-state index in [2.05, 4.69) is 0 Å². The van der Waals surface area contributed by atoms with Crippen LogP contribution in [0.1, 0.15) is 18.1 Å². The molecule has 1 heterocycles. The summed E-state index contributed by atoms with van der Waals surface area (Å²) < 4.78 is 18.2. The molecule has 3 aromatic rings. The van der Waals surface area contributed by atoms with E-state index in [1.165, 1.54) is 31.2 Å². The smallest absolute Gasteiger partial charge is 0.342 e. The van der Waals surface area contributed by atoms with Gasteiger partial charge in [-0.3, -0.25) is 0 Å². The Morgan fingerprint density at radius 1 is 1.10 bits per heavy atom. The van der Waals surface area contributed by atoms with Crippen molar-refractivity contribution < 1.29 is 13.9 Å². The Labute approximate surface area is 120 Å². The van der Waals surface area contributed by atoms with Gasteiger partial charge >= 0.3 is 5.63 Å². The van der Waals surface area contributed by atoms with E-state index in [4.69, 9.17) is 4.42 Å². The fourth-order valence-corrected chi connectivity index (χ4v) is 2.33. The van der Waals surface area contributed by atoms with Crippen LogP contribution in [0.25, 0.3) is 11.0 Å².